The predicted octanol–water partition coefficient (Wildman–Crippen LogP) is 0.954. The number of carbonyl (C=O) groups is 2. The van der Waals surface area contributed by atoms with Gasteiger partial charge in [-0.15, -0.1) is 0 Å². The van der Waals surface area contributed by atoms with Gasteiger partial charge in [0.05, 0.1) is 6.10 Å². The standard InChI is InChI=1S/C10H12O4/c1-5-3-4-7(13-5)8-9(11)6(2)14-10(8)12/h5-6H,3-4H2,1-2H3/b8-7+/t5-,6-/m0/s1. The van der Waals surface area contributed by atoms with Crippen molar-refractivity contribution in [2.45, 2.75) is 38.9 Å². The number of cyclic esters (lactones) is 1. The molecule has 2 aliphatic heterocycles. The first-order chi connectivity index (χ1) is 6.59. The number of ether oxygens (including phenoxy) is 2. The fraction of sp³-hybridized carbons (Fsp3) is 0.600. The number of allylic oxidation sites excluding steroid dienone is 1. The monoisotopic (exact) mass is 196 g/mol. The molecule has 76 valence electrons. The van der Waals surface area contributed by atoms with Crippen molar-refractivity contribution >= 4 is 11.8 Å². The molecule has 0 spiro atoms. The zero-order valence-corrected chi connectivity index (χ0v) is 8.20. The van der Waals surface area contributed by atoms with Crippen LogP contribution in [0.1, 0.15) is 26.7 Å². The molecule has 2 rings (SSSR count). The maximum Gasteiger partial charge on any atom is 0.346 e. The molecular formula is C10H12O4. The summed E-state index contributed by atoms with van der Waals surface area (Å²) in [4.78, 5) is 22.8. The molecule has 0 aromatic rings. The summed E-state index contributed by atoms with van der Waals surface area (Å²) in [6.07, 6.45) is 0.955. The van der Waals surface area contributed by atoms with Crippen LogP contribution in [0.4, 0.5) is 0 Å². The number of esters is 1. The van der Waals surface area contributed by atoms with Crippen LogP contribution < -0.4 is 0 Å². The second-order valence-corrected chi connectivity index (χ2v) is 3.68. The molecule has 0 unspecified atom stereocenters. The van der Waals surface area contributed by atoms with Crippen molar-refractivity contribution in [2.24, 2.45) is 0 Å². The van der Waals surface area contributed by atoms with Gasteiger partial charge < -0.3 is 9.47 Å². The molecule has 0 aromatic carbocycles. The predicted molar refractivity (Wildman–Crippen MR) is 47.4 cm³/mol. The van der Waals surface area contributed by atoms with E-state index in [1.807, 2.05) is 6.92 Å². The number of rotatable bonds is 0. The largest absolute Gasteiger partial charge is 0.494 e. The normalized spacial score (nSPS) is 37.3. The molecule has 0 aromatic heterocycles. The minimum atomic E-state index is -0.649. The summed E-state index contributed by atoms with van der Waals surface area (Å²) in [5.41, 5.74) is 0.127. The summed E-state index contributed by atoms with van der Waals surface area (Å²) in [7, 11) is 0. The van der Waals surface area contributed by atoms with Gasteiger partial charge in [0, 0.05) is 6.42 Å². The first kappa shape index (κ1) is 9.24. The van der Waals surface area contributed by atoms with Crippen LogP contribution in [0.2, 0.25) is 0 Å². The summed E-state index contributed by atoms with van der Waals surface area (Å²) < 4.78 is 10.2. The lowest BCUT2D eigenvalue weighted by atomic mass is 10.1. The van der Waals surface area contributed by atoms with Gasteiger partial charge in [0.1, 0.15) is 11.3 Å². The summed E-state index contributed by atoms with van der Waals surface area (Å²) in [6.45, 7) is 3.49. The molecule has 4 nitrogen and oxygen atoms in total. The quantitative estimate of drug-likeness (QED) is 0.329. The Kier molecular flexibility index (Phi) is 2.06. The first-order valence-corrected chi connectivity index (χ1v) is 4.74. The molecule has 2 atom stereocenters. The minimum Gasteiger partial charge on any atom is -0.494 e. The van der Waals surface area contributed by atoms with Gasteiger partial charge >= 0.3 is 5.97 Å². The maximum atomic E-state index is 11.5. The zero-order chi connectivity index (χ0) is 10.3. The lowest BCUT2D eigenvalue weighted by Crippen LogP contribution is -2.11. The van der Waals surface area contributed by atoms with Crippen molar-refractivity contribution in [3.63, 3.8) is 0 Å². The smallest absolute Gasteiger partial charge is 0.346 e. The molecule has 2 heterocycles. The van der Waals surface area contributed by atoms with Crippen molar-refractivity contribution in [2.75, 3.05) is 0 Å². The molecule has 0 aliphatic carbocycles. The molecule has 4 heteroatoms. The zero-order valence-electron chi connectivity index (χ0n) is 8.20. The molecule has 0 saturated carbocycles. The summed E-state index contributed by atoms with van der Waals surface area (Å²) in [5.74, 6) is -0.275. The third-order valence-corrected chi connectivity index (χ3v) is 2.50. The molecule has 14 heavy (non-hydrogen) atoms. The van der Waals surface area contributed by atoms with E-state index in [2.05, 4.69) is 0 Å². The second kappa shape index (κ2) is 3.12. The van der Waals surface area contributed by atoms with Crippen LogP contribution in [0, 0.1) is 0 Å². The van der Waals surface area contributed by atoms with Crippen LogP contribution in [0.5, 0.6) is 0 Å². The van der Waals surface area contributed by atoms with Gasteiger partial charge in [-0.3, -0.25) is 4.79 Å². The van der Waals surface area contributed by atoms with E-state index in [0.29, 0.717) is 12.2 Å². The summed E-state index contributed by atoms with van der Waals surface area (Å²) in [6, 6.07) is 0. The van der Waals surface area contributed by atoms with Crippen LogP contribution in [-0.2, 0) is 19.1 Å². The van der Waals surface area contributed by atoms with E-state index in [4.69, 9.17) is 9.47 Å². The van der Waals surface area contributed by atoms with E-state index < -0.39 is 12.1 Å². The second-order valence-electron chi connectivity index (χ2n) is 3.68. The van der Waals surface area contributed by atoms with E-state index in [0.717, 1.165) is 6.42 Å². The van der Waals surface area contributed by atoms with E-state index in [-0.39, 0.29) is 17.5 Å². The van der Waals surface area contributed by atoms with Gasteiger partial charge in [-0.1, -0.05) is 0 Å². The number of carbonyl (C=O) groups excluding carboxylic acids is 2. The van der Waals surface area contributed by atoms with E-state index >= 15 is 0 Å². The van der Waals surface area contributed by atoms with Crippen molar-refractivity contribution in [3.8, 4) is 0 Å². The maximum absolute atomic E-state index is 11.5. The fourth-order valence-electron chi connectivity index (χ4n) is 1.71. The average molecular weight is 196 g/mol. The highest BCUT2D eigenvalue weighted by molar-refractivity contribution is 6.23. The highest BCUT2D eigenvalue weighted by Gasteiger charge is 2.40. The number of hydrogen-bond acceptors (Lipinski definition) is 4. The number of hydrogen-bond donors (Lipinski definition) is 0. The highest BCUT2D eigenvalue weighted by Crippen LogP contribution is 2.29. The Morgan fingerprint density at radius 2 is 1.93 bits per heavy atom. The topological polar surface area (TPSA) is 52.6 Å². The van der Waals surface area contributed by atoms with Gasteiger partial charge in [-0.2, -0.15) is 0 Å². The SMILES string of the molecule is C[C@@H]1OC(=O)/C(=C2\CC[C@H](C)O2)C1=O. The van der Waals surface area contributed by atoms with Crippen LogP contribution in [0.3, 0.4) is 0 Å². The number of ketones is 1. The van der Waals surface area contributed by atoms with Gasteiger partial charge in [0.25, 0.3) is 0 Å². The Balaban J connectivity index is 2.33. The Hall–Kier alpha value is -1.32. The lowest BCUT2D eigenvalue weighted by Gasteiger charge is -2.03. The van der Waals surface area contributed by atoms with Gasteiger partial charge in [-0.25, -0.2) is 4.79 Å². The van der Waals surface area contributed by atoms with E-state index in [1.54, 1.807) is 6.92 Å². The third-order valence-electron chi connectivity index (χ3n) is 2.50. The Labute approximate surface area is 81.9 Å². The third kappa shape index (κ3) is 1.31. The molecule has 2 saturated heterocycles. The fourth-order valence-corrected chi connectivity index (χ4v) is 1.71. The van der Waals surface area contributed by atoms with Crippen molar-refractivity contribution in [1.82, 2.24) is 0 Å². The Bertz CT molecular complexity index is 329. The van der Waals surface area contributed by atoms with Gasteiger partial charge in [-0.05, 0) is 20.3 Å². The Morgan fingerprint density at radius 3 is 2.36 bits per heavy atom. The average Bonchev–Trinajstić information content (AvgIpc) is 2.60. The molecule has 0 amide bonds. The van der Waals surface area contributed by atoms with Gasteiger partial charge in [0.2, 0.25) is 5.78 Å². The van der Waals surface area contributed by atoms with Crippen molar-refractivity contribution in [3.05, 3.63) is 11.3 Å². The molecule has 2 fully saturated rings. The van der Waals surface area contributed by atoms with E-state index in [1.165, 1.54) is 0 Å². The highest BCUT2D eigenvalue weighted by atomic mass is 16.6. The van der Waals surface area contributed by atoms with Gasteiger partial charge in [0.15, 0.2) is 6.10 Å². The molecule has 2 aliphatic rings. The molecule has 0 radical (unpaired) electrons. The van der Waals surface area contributed by atoms with Crippen LogP contribution in [0.15, 0.2) is 11.3 Å². The minimum absolute atomic E-state index is 0.0917. The molecular weight excluding hydrogens is 184 g/mol. The summed E-state index contributed by atoms with van der Waals surface area (Å²) >= 11 is 0. The molecule has 0 N–H and O–H groups in total. The van der Waals surface area contributed by atoms with E-state index in [9.17, 15) is 9.59 Å². The van der Waals surface area contributed by atoms with Crippen molar-refractivity contribution < 1.29 is 19.1 Å². The van der Waals surface area contributed by atoms with Crippen LogP contribution in [-0.4, -0.2) is 24.0 Å². The van der Waals surface area contributed by atoms with Crippen LogP contribution >= 0.6 is 0 Å². The number of Topliss-reactive ketones (excluding diaryl/α,β-unsaturated/α-hetero) is 1. The first-order valence-electron chi connectivity index (χ1n) is 4.74. The Morgan fingerprint density at radius 1 is 1.21 bits per heavy atom. The van der Waals surface area contributed by atoms with Crippen molar-refractivity contribution in [1.29, 1.82) is 0 Å². The van der Waals surface area contributed by atoms with Crippen LogP contribution in [0.25, 0.3) is 0 Å². The lowest BCUT2D eigenvalue weighted by molar-refractivity contribution is -0.140. The summed E-state index contributed by atoms with van der Waals surface area (Å²) in [5, 5.41) is 0. The molecule has 0 bridgehead atoms.